The zero-order valence-corrected chi connectivity index (χ0v) is 13.0. The lowest BCUT2D eigenvalue weighted by Crippen LogP contribution is -2.47. The van der Waals surface area contributed by atoms with Crippen molar-refractivity contribution in [2.75, 3.05) is 20.1 Å². The monoisotopic (exact) mass is 330 g/mol. The van der Waals surface area contributed by atoms with Crippen LogP contribution in [0.1, 0.15) is 24.8 Å². The molecular formula is C16H21F3N2O2. The SMILES string of the molecule is CNC1CCCN(C(=O)CCc2ccccc2OC(F)(F)F)C1. The van der Waals surface area contributed by atoms with Gasteiger partial charge in [0.1, 0.15) is 5.75 Å². The molecule has 7 heteroatoms. The second-order valence-electron chi connectivity index (χ2n) is 5.62. The number of benzene rings is 1. The van der Waals surface area contributed by atoms with E-state index < -0.39 is 6.36 Å². The molecule has 1 aliphatic rings. The molecule has 1 N–H and O–H groups in total. The Morgan fingerprint density at radius 3 is 2.83 bits per heavy atom. The lowest BCUT2D eigenvalue weighted by atomic mass is 10.0. The molecule has 1 atom stereocenters. The quantitative estimate of drug-likeness (QED) is 0.903. The second kappa shape index (κ2) is 7.68. The van der Waals surface area contributed by atoms with E-state index in [4.69, 9.17) is 0 Å². The minimum absolute atomic E-state index is 0.0354. The summed E-state index contributed by atoms with van der Waals surface area (Å²) in [6, 6.07) is 6.23. The first-order chi connectivity index (χ1) is 10.9. The summed E-state index contributed by atoms with van der Waals surface area (Å²) < 4.78 is 41.2. The number of carbonyl (C=O) groups excluding carboxylic acids is 1. The molecule has 0 saturated carbocycles. The van der Waals surface area contributed by atoms with Crippen molar-refractivity contribution < 1.29 is 22.7 Å². The summed E-state index contributed by atoms with van der Waals surface area (Å²) in [6.45, 7) is 1.35. The molecule has 1 unspecified atom stereocenters. The standard InChI is InChI=1S/C16H21F3N2O2/c1-20-13-6-4-10-21(11-13)15(22)9-8-12-5-2-3-7-14(12)23-16(17,18)19/h2-3,5,7,13,20H,4,6,8-11H2,1H3. The maximum Gasteiger partial charge on any atom is 0.573 e. The van der Waals surface area contributed by atoms with Gasteiger partial charge in [0.15, 0.2) is 0 Å². The van der Waals surface area contributed by atoms with Crippen molar-refractivity contribution in [1.29, 1.82) is 0 Å². The van der Waals surface area contributed by atoms with Crippen LogP contribution in [0, 0.1) is 0 Å². The number of nitrogens with one attached hydrogen (secondary N) is 1. The average Bonchev–Trinajstić information content (AvgIpc) is 2.52. The van der Waals surface area contributed by atoms with Crippen LogP contribution in [0.25, 0.3) is 0 Å². The molecule has 1 aromatic carbocycles. The number of ether oxygens (including phenoxy) is 1. The van der Waals surface area contributed by atoms with Crippen molar-refractivity contribution in [2.45, 2.75) is 38.1 Å². The fourth-order valence-electron chi connectivity index (χ4n) is 2.77. The molecule has 0 aliphatic carbocycles. The Balaban J connectivity index is 1.94. The van der Waals surface area contributed by atoms with Crippen LogP contribution in [-0.4, -0.2) is 43.3 Å². The first kappa shape index (κ1) is 17.6. The number of alkyl halides is 3. The maximum absolute atomic E-state index is 12.4. The molecule has 0 spiro atoms. The molecule has 1 saturated heterocycles. The predicted molar refractivity (Wildman–Crippen MR) is 80.1 cm³/mol. The Bertz CT molecular complexity index is 534. The summed E-state index contributed by atoms with van der Waals surface area (Å²) in [4.78, 5) is 14.0. The summed E-state index contributed by atoms with van der Waals surface area (Å²) in [5.41, 5.74) is 0.389. The zero-order chi connectivity index (χ0) is 16.9. The van der Waals surface area contributed by atoms with Gasteiger partial charge in [-0.15, -0.1) is 13.2 Å². The first-order valence-electron chi connectivity index (χ1n) is 7.68. The van der Waals surface area contributed by atoms with E-state index in [0.29, 0.717) is 18.7 Å². The Kier molecular flexibility index (Phi) is 5.87. The van der Waals surface area contributed by atoms with Gasteiger partial charge in [0.2, 0.25) is 5.91 Å². The highest BCUT2D eigenvalue weighted by Crippen LogP contribution is 2.27. The summed E-state index contributed by atoms with van der Waals surface area (Å²) >= 11 is 0. The van der Waals surface area contributed by atoms with E-state index in [1.807, 2.05) is 7.05 Å². The number of amides is 1. The molecule has 1 amide bonds. The average molecular weight is 330 g/mol. The minimum Gasteiger partial charge on any atom is -0.406 e. The number of rotatable bonds is 5. The number of nitrogens with zero attached hydrogens (tertiary/aromatic N) is 1. The number of aryl methyl sites for hydroxylation is 1. The van der Waals surface area contributed by atoms with Crippen LogP contribution < -0.4 is 10.1 Å². The lowest BCUT2D eigenvalue weighted by Gasteiger charge is -2.32. The zero-order valence-electron chi connectivity index (χ0n) is 13.0. The number of hydrogen-bond donors (Lipinski definition) is 1. The summed E-state index contributed by atoms with van der Waals surface area (Å²) in [5.74, 6) is -0.272. The van der Waals surface area contributed by atoms with Crippen LogP contribution >= 0.6 is 0 Å². The third-order valence-electron chi connectivity index (χ3n) is 3.99. The highest BCUT2D eigenvalue weighted by molar-refractivity contribution is 5.76. The van der Waals surface area contributed by atoms with E-state index in [2.05, 4.69) is 10.1 Å². The molecule has 23 heavy (non-hydrogen) atoms. The van der Waals surface area contributed by atoms with E-state index in [1.54, 1.807) is 17.0 Å². The van der Waals surface area contributed by atoms with Gasteiger partial charge in [-0.05, 0) is 37.9 Å². The smallest absolute Gasteiger partial charge is 0.406 e. The molecule has 1 heterocycles. The van der Waals surface area contributed by atoms with Gasteiger partial charge in [-0.25, -0.2) is 0 Å². The molecule has 2 rings (SSSR count). The highest BCUT2D eigenvalue weighted by atomic mass is 19.4. The molecule has 4 nitrogen and oxygen atoms in total. The lowest BCUT2D eigenvalue weighted by molar-refractivity contribution is -0.274. The van der Waals surface area contributed by atoms with E-state index in [-0.39, 0.29) is 30.5 Å². The molecule has 0 aromatic heterocycles. The Hall–Kier alpha value is -1.76. The van der Waals surface area contributed by atoms with E-state index in [1.165, 1.54) is 12.1 Å². The first-order valence-corrected chi connectivity index (χ1v) is 7.68. The van der Waals surface area contributed by atoms with Crippen LogP contribution in [0.5, 0.6) is 5.75 Å². The maximum atomic E-state index is 12.4. The Morgan fingerprint density at radius 2 is 2.13 bits per heavy atom. The minimum atomic E-state index is -4.73. The molecular weight excluding hydrogens is 309 g/mol. The van der Waals surface area contributed by atoms with Crippen molar-refractivity contribution in [3.8, 4) is 5.75 Å². The number of likely N-dealkylation sites (tertiary alicyclic amines) is 1. The van der Waals surface area contributed by atoms with Gasteiger partial charge in [0.05, 0.1) is 0 Å². The van der Waals surface area contributed by atoms with E-state index >= 15 is 0 Å². The van der Waals surface area contributed by atoms with Crippen molar-refractivity contribution in [1.82, 2.24) is 10.2 Å². The van der Waals surface area contributed by atoms with Crippen LogP contribution in [-0.2, 0) is 11.2 Å². The fraction of sp³-hybridized carbons (Fsp3) is 0.562. The number of likely N-dealkylation sites (N-methyl/N-ethyl adjacent to an activating group) is 1. The molecule has 128 valence electrons. The van der Waals surface area contributed by atoms with Crippen LogP contribution in [0.15, 0.2) is 24.3 Å². The van der Waals surface area contributed by atoms with Crippen molar-refractivity contribution in [3.05, 3.63) is 29.8 Å². The van der Waals surface area contributed by atoms with Crippen molar-refractivity contribution in [3.63, 3.8) is 0 Å². The van der Waals surface area contributed by atoms with Crippen LogP contribution in [0.4, 0.5) is 13.2 Å². The van der Waals surface area contributed by atoms with E-state index in [0.717, 1.165) is 12.8 Å². The normalized spacial score (nSPS) is 18.8. The van der Waals surface area contributed by atoms with Gasteiger partial charge < -0.3 is 15.0 Å². The number of carbonyl (C=O) groups is 1. The Morgan fingerprint density at radius 1 is 1.39 bits per heavy atom. The van der Waals surface area contributed by atoms with E-state index in [9.17, 15) is 18.0 Å². The number of piperidine rings is 1. The third-order valence-corrected chi connectivity index (χ3v) is 3.99. The van der Waals surface area contributed by atoms with Crippen LogP contribution in [0.3, 0.4) is 0 Å². The topological polar surface area (TPSA) is 41.6 Å². The predicted octanol–water partition coefficient (Wildman–Crippen LogP) is 2.73. The Labute approximate surface area is 133 Å². The van der Waals surface area contributed by atoms with Gasteiger partial charge in [0, 0.05) is 25.6 Å². The number of halogens is 3. The second-order valence-corrected chi connectivity index (χ2v) is 5.62. The van der Waals surface area contributed by atoms with Crippen molar-refractivity contribution >= 4 is 5.91 Å². The highest BCUT2D eigenvalue weighted by Gasteiger charge is 2.32. The van der Waals surface area contributed by atoms with Gasteiger partial charge in [-0.2, -0.15) is 0 Å². The van der Waals surface area contributed by atoms with Gasteiger partial charge in [-0.3, -0.25) is 4.79 Å². The molecule has 1 aromatic rings. The molecule has 0 bridgehead atoms. The largest absolute Gasteiger partial charge is 0.573 e. The molecule has 1 fully saturated rings. The summed E-state index contributed by atoms with van der Waals surface area (Å²) in [6.07, 6.45) is -2.36. The molecule has 0 radical (unpaired) electrons. The van der Waals surface area contributed by atoms with Gasteiger partial charge in [-0.1, -0.05) is 18.2 Å². The molecule has 1 aliphatic heterocycles. The van der Waals surface area contributed by atoms with Crippen LogP contribution in [0.2, 0.25) is 0 Å². The number of hydrogen-bond acceptors (Lipinski definition) is 3. The third kappa shape index (κ3) is 5.42. The van der Waals surface area contributed by atoms with Gasteiger partial charge in [0.25, 0.3) is 0 Å². The van der Waals surface area contributed by atoms with Gasteiger partial charge >= 0.3 is 6.36 Å². The summed E-state index contributed by atoms with van der Waals surface area (Å²) in [5, 5.41) is 3.16. The number of para-hydroxylation sites is 1. The van der Waals surface area contributed by atoms with Crippen molar-refractivity contribution in [2.24, 2.45) is 0 Å². The fourth-order valence-corrected chi connectivity index (χ4v) is 2.77. The summed E-state index contributed by atoms with van der Waals surface area (Å²) in [7, 11) is 1.86.